The number of hydrogen-bond donors (Lipinski definition) is 1. The van der Waals surface area contributed by atoms with Crippen molar-refractivity contribution in [1.29, 1.82) is 0 Å². The average molecular weight is 246 g/mol. The van der Waals surface area contributed by atoms with E-state index in [1.807, 2.05) is 12.3 Å². The van der Waals surface area contributed by atoms with Crippen LogP contribution in [-0.2, 0) is 6.42 Å². The summed E-state index contributed by atoms with van der Waals surface area (Å²) in [5, 5.41) is 11.9. The minimum Gasteiger partial charge on any atom is -0.355 e. The fraction of sp³-hybridized carbons (Fsp3) is 0.429. The fourth-order valence-corrected chi connectivity index (χ4v) is 2.49. The van der Waals surface area contributed by atoms with Crippen molar-refractivity contribution in [3.05, 3.63) is 40.1 Å². The first-order valence-electron chi connectivity index (χ1n) is 6.36. The molecule has 0 saturated heterocycles. The molecule has 96 valence electrons. The van der Waals surface area contributed by atoms with E-state index in [0.29, 0.717) is 11.4 Å². The lowest BCUT2D eigenvalue weighted by atomic mass is 9.96. The lowest BCUT2D eigenvalue weighted by Crippen LogP contribution is -1.98. The number of aromatic nitrogens is 1. The monoisotopic (exact) mass is 246 g/mol. The molecule has 0 aliphatic heterocycles. The van der Waals surface area contributed by atoms with Gasteiger partial charge >= 0.3 is 0 Å². The van der Waals surface area contributed by atoms with E-state index in [4.69, 9.17) is 0 Å². The van der Waals surface area contributed by atoms with Crippen LogP contribution in [0.15, 0.2) is 24.4 Å². The molecule has 1 N–H and O–H groups in total. The predicted molar refractivity (Wildman–Crippen MR) is 72.7 cm³/mol. The van der Waals surface area contributed by atoms with Crippen molar-refractivity contribution < 1.29 is 4.92 Å². The Balaban J connectivity index is 2.37. The molecule has 2 aromatic rings. The number of nitrogens with zero attached hydrogens (tertiary/aromatic N) is 1. The van der Waals surface area contributed by atoms with Gasteiger partial charge in [0.1, 0.15) is 5.52 Å². The maximum absolute atomic E-state index is 10.9. The van der Waals surface area contributed by atoms with Crippen LogP contribution in [0.3, 0.4) is 0 Å². The molecule has 0 aliphatic rings. The van der Waals surface area contributed by atoms with Gasteiger partial charge in [-0.25, -0.2) is 0 Å². The van der Waals surface area contributed by atoms with Crippen molar-refractivity contribution in [3.8, 4) is 0 Å². The van der Waals surface area contributed by atoms with Crippen LogP contribution in [0.2, 0.25) is 0 Å². The summed E-state index contributed by atoms with van der Waals surface area (Å²) in [6.45, 7) is 4.40. The number of H-pyrrole nitrogens is 1. The third-order valence-corrected chi connectivity index (χ3v) is 3.33. The maximum Gasteiger partial charge on any atom is 0.293 e. The smallest absolute Gasteiger partial charge is 0.293 e. The van der Waals surface area contributed by atoms with Crippen molar-refractivity contribution in [1.82, 2.24) is 4.98 Å². The van der Waals surface area contributed by atoms with Crippen molar-refractivity contribution in [2.45, 2.75) is 33.1 Å². The van der Waals surface area contributed by atoms with E-state index >= 15 is 0 Å². The van der Waals surface area contributed by atoms with Gasteiger partial charge < -0.3 is 4.98 Å². The largest absolute Gasteiger partial charge is 0.355 e. The minimum absolute atomic E-state index is 0.155. The highest BCUT2D eigenvalue weighted by Gasteiger charge is 2.15. The predicted octanol–water partition coefficient (Wildman–Crippen LogP) is 4.05. The standard InChI is InChI=1S/C14H18N2O2/c1-3-5-10(2)8-11-9-15-14-12(11)6-4-7-13(14)16(17)18/h4,6-7,9-10,15H,3,5,8H2,1-2H3. The second kappa shape index (κ2) is 5.21. The molecule has 4 nitrogen and oxygen atoms in total. The molecule has 0 amide bonds. The summed E-state index contributed by atoms with van der Waals surface area (Å²) in [5.41, 5.74) is 1.97. The molecule has 1 atom stereocenters. The van der Waals surface area contributed by atoms with Gasteiger partial charge in [-0.1, -0.05) is 38.8 Å². The van der Waals surface area contributed by atoms with Gasteiger partial charge in [0.05, 0.1) is 4.92 Å². The molecule has 0 radical (unpaired) electrons. The van der Waals surface area contributed by atoms with Crippen LogP contribution in [-0.4, -0.2) is 9.91 Å². The highest BCUT2D eigenvalue weighted by Crippen LogP contribution is 2.28. The summed E-state index contributed by atoms with van der Waals surface area (Å²) in [5.74, 6) is 0.605. The average Bonchev–Trinajstić information content (AvgIpc) is 2.72. The molecule has 2 rings (SSSR count). The first-order chi connectivity index (χ1) is 8.63. The van der Waals surface area contributed by atoms with Gasteiger partial charge in [-0.05, 0) is 17.9 Å². The number of benzene rings is 1. The zero-order valence-electron chi connectivity index (χ0n) is 10.8. The van der Waals surface area contributed by atoms with Crippen LogP contribution in [0.25, 0.3) is 10.9 Å². The Kier molecular flexibility index (Phi) is 3.65. The van der Waals surface area contributed by atoms with Crippen LogP contribution >= 0.6 is 0 Å². The van der Waals surface area contributed by atoms with Crippen LogP contribution in [0.1, 0.15) is 32.3 Å². The number of nitro benzene ring substituents is 1. The molecular formula is C14H18N2O2. The molecule has 18 heavy (non-hydrogen) atoms. The number of non-ortho nitro benzene ring substituents is 1. The van der Waals surface area contributed by atoms with E-state index in [2.05, 4.69) is 18.8 Å². The van der Waals surface area contributed by atoms with Gasteiger partial charge in [-0.15, -0.1) is 0 Å². The zero-order valence-corrected chi connectivity index (χ0v) is 10.8. The Bertz CT molecular complexity index is 560. The van der Waals surface area contributed by atoms with Crippen LogP contribution < -0.4 is 0 Å². The third-order valence-electron chi connectivity index (χ3n) is 3.33. The highest BCUT2D eigenvalue weighted by molar-refractivity contribution is 5.90. The molecule has 0 fully saturated rings. The highest BCUT2D eigenvalue weighted by atomic mass is 16.6. The van der Waals surface area contributed by atoms with E-state index < -0.39 is 0 Å². The van der Waals surface area contributed by atoms with Crippen LogP contribution in [0.5, 0.6) is 0 Å². The molecule has 1 aromatic heterocycles. The number of aromatic amines is 1. The number of rotatable bonds is 5. The van der Waals surface area contributed by atoms with Crippen molar-refractivity contribution in [2.24, 2.45) is 5.92 Å². The Morgan fingerprint density at radius 1 is 1.44 bits per heavy atom. The number of nitro groups is 1. The van der Waals surface area contributed by atoms with E-state index in [0.717, 1.165) is 11.8 Å². The second-order valence-corrected chi connectivity index (χ2v) is 4.87. The zero-order chi connectivity index (χ0) is 13.1. The third kappa shape index (κ3) is 2.37. The summed E-state index contributed by atoms with van der Waals surface area (Å²) >= 11 is 0. The molecule has 0 saturated carbocycles. The maximum atomic E-state index is 10.9. The van der Waals surface area contributed by atoms with Gasteiger partial charge in [0, 0.05) is 17.6 Å². The summed E-state index contributed by atoms with van der Waals surface area (Å²) in [7, 11) is 0. The lowest BCUT2D eigenvalue weighted by Gasteiger charge is -2.08. The van der Waals surface area contributed by atoms with Gasteiger partial charge in [0.2, 0.25) is 0 Å². The Labute approximate surface area is 106 Å². The van der Waals surface area contributed by atoms with Gasteiger partial charge in [-0.3, -0.25) is 10.1 Å². The van der Waals surface area contributed by atoms with E-state index in [1.54, 1.807) is 6.07 Å². The molecule has 0 aliphatic carbocycles. The van der Waals surface area contributed by atoms with E-state index in [1.165, 1.54) is 24.5 Å². The summed E-state index contributed by atoms with van der Waals surface area (Å²) in [4.78, 5) is 13.6. The van der Waals surface area contributed by atoms with Crippen LogP contribution in [0.4, 0.5) is 5.69 Å². The van der Waals surface area contributed by atoms with E-state index in [9.17, 15) is 10.1 Å². The Morgan fingerprint density at radius 3 is 2.89 bits per heavy atom. The normalized spacial score (nSPS) is 12.8. The Hall–Kier alpha value is -1.84. The summed E-state index contributed by atoms with van der Waals surface area (Å²) in [6, 6.07) is 5.24. The van der Waals surface area contributed by atoms with Crippen LogP contribution in [0, 0.1) is 16.0 Å². The van der Waals surface area contributed by atoms with Crippen molar-refractivity contribution in [2.75, 3.05) is 0 Å². The summed E-state index contributed by atoms with van der Waals surface area (Å²) in [6.07, 6.45) is 5.23. The number of hydrogen-bond acceptors (Lipinski definition) is 2. The quantitative estimate of drug-likeness (QED) is 0.639. The SMILES string of the molecule is CCCC(C)Cc1c[nH]c2c([N+](=O)[O-])cccc12. The molecule has 4 heteroatoms. The topological polar surface area (TPSA) is 58.9 Å². The fourth-order valence-electron chi connectivity index (χ4n) is 2.49. The molecular weight excluding hydrogens is 228 g/mol. The van der Waals surface area contributed by atoms with Gasteiger partial charge in [0.25, 0.3) is 5.69 Å². The number of para-hydroxylation sites is 1. The molecule has 0 spiro atoms. The Morgan fingerprint density at radius 2 is 2.22 bits per heavy atom. The summed E-state index contributed by atoms with van der Waals surface area (Å²) < 4.78 is 0. The molecule has 1 unspecified atom stereocenters. The molecule has 0 bridgehead atoms. The van der Waals surface area contributed by atoms with Crippen molar-refractivity contribution in [3.63, 3.8) is 0 Å². The van der Waals surface area contributed by atoms with E-state index in [-0.39, 0.29) is 10.6 Å². The molecule has 1 aromatic carbocycles. The lowest BCUT2D eigenvalue weighted by molar-refractivity contribution is -0.383. The molecule has 1 heterocycles. The minimum atomic E-state index is -0.335. The first-order valence-corrected chi connectivity index (χ1v) is 6.36. The van der Waals surface area contributed by atoms with Gasteiger partial charge in [0.15, 0.2) is 0 Å². The number of fused-ring (bicyclic) bond motifs is 1. The second-order valence-electron chi connectivity index (χ2n) is 4.87. The first kappa shape index (κ1) is 12.6. The number of nitrogens with one attached hydrogen (secondary N) is 1. The van der Waals surface area contributed by atoms with Crippen molar-refractivity contribution >= 4 is 16.6 Å². The van der Waals surface area contributed by atoms with Gasteiger partial charge in [-0.2, -0.15) is 0 Å².